The van der Waals surface area contributed by atoms with E-state index in [9.17, 15) is 4.79 Å². The predicted octanol–water partition coefficient (Wildman–Crippen LogP) is 2.40. The molecule has 1 fully saturated rings. The summed E-state index contributed by atoms with van der Waals surface area (Å²) in [7, 11) is 0. The number of thiazole rings is 1. The Morgan fingerprint density at radius 3 is 3.12 bits per heavy atom. The Morgan fingerprint density at radius 1 is 1.65 bits per heavy atom. The van der Waals surface area contributed by atoms with Crippen molar-refractivity contribution >= 4 is 22.4 Å². The van der Waals surface area contributed by atoms with Crippen LogP contribution in [0.3, 0.4) is 0 Å². The highest BCUT2D eigenvalue weighted by atomic mass is 32.1. The Balaban J connectivity index is 2.11. The van der Waals surface area contributed by atoms with Crippen molar-refractivity contribution in [1.82, 2.24) is 4.98 Å². The first kappa shape index (κ1) is 12.4. The molecule has 94 valence electrons. The molecule has 0 bridgehead atoms. The monoisotopic (exact) mass is 254 g/mol. The third-order valence-corrected chi connectivity index (χ3v) is 4.42. The lowest BCUT2D eigenvalue weighted by Gasteiger charge is -2.37. The van der Waals surface area contributed by atoms with E-state index in [2.05, 4.69) is 23.7 Å². The van der Waals surface area contributed by atoms with Crippen LogP contribution in [0.15, 0.2) is 5.38 Å². The summed E-state index contributed by atoms with van der Waals surface area (Å²) in [5, 5.41) is 11.6. The molecule has 1 aliphatic heterocycles. The average molecular weight is 254 g/mol. The largest absolute Gasteiger partial charge is 0.481 e. The molecule has 5 heteroatoms. The number of aliphatic carboxylic acids is 1. The molecule has 2 heterocycles. The second kappa shape index (κ2) is 5.04. The lowest BCUT2D eigenvalue weighted by molar-refractivity contribution is -0.136. The van der Waals surface area contributed by atoms with Gasteiger partial charge in [0, 0.05) is 18.0 Å². The molecule has 4 nitrogen and oxygen atoms in total. The van der Waals surface area contributed by atoms with Crippen molar-refractivity contribution in [1.29, 1.82) is 0 Å². The molecule has 0 aliphatic carbocycles. The molecule has 0 aromatic carbocycles. The zero-order valence-electron chi connectivity index (χ0n) is 10.2. The summed E-state index contributed by atoms with van der Waals surface area (Å²) in [4.78, 5) is 17.4. The molecule has 1 saturated heterocycles. The van der Waals surface area contributed by atoms with Gasteiger partial charge in [0.15, 0.2) is 5.13 Å². The number of carbonyl (C=O) groups is 1. The minimum atomic E-state index is -0.818. The highest BCUT2D eigenvalue weighted by molar-refractivity contribution is 7.13. The molecule has 1 aliphatic rings. The highest BCUT2D eigenvalue weighted by Gasteiger charge is 2.26. The van der Waals surface area contributed by atoms with Crippen molar-refractivity contribution in [2.45, 2.75) is 39.2 Å². The fourth-order valence-electron chi connectivity index (χ4n) is 2.27. The third kappa shape index (κ3) is 2.77. The number of carboxylic acid groups (broad SMARTS) is 1. The lowest BCUT2D eigenvalue weighted by Crippen LogP contribution is -2.42. The fourth-order valence-corrected chi connectivity index (χ4v) is 3.21. The van der Waals surface area contributed by atoms with E-state index in [0.717, 1.165) is 11.7 Å². The Bertz CT molecular complexity index is 405. The summed E-state index contributed by atoms with van der Waals surface area (Å²) in [5.41, 5.74) is 0.669. The van der Waals surface area contributed by atoms with Crippen molar-refractivity contribution < 1.29 is 9.90 Å². The van der Waals surface area contributed by atoms with Gasteiger partial charge in [0.1, 0.15) is 0 Å². The maximum atomic E-state index is 10.6. The average Bonchev–Trinajstić information content (AvgIpc) is 2.69. The Hall–Kier alpha value is -1.10. The lowest BCUT2D eigenvalue weighted by atomic mass is 9.93. The first-order valence-corrected chi connectivity index (χ1v) is 6.88. The van der Waals surface area contributed by atoms with Gasteiger partial charge in [0.25, 0.3) is 0 Å². The number of rotatable bonds is 3. The Labute approximate surface area is 105 Å². The number of piperidine rings is 1. The van der Waals surface area contributed by atoms with E-state index in [0.29, 0.717) is 17.7 Å². The van der Waals surface area contributed by atoms with Gasteiger partial charge in [-0.05, 0) is 25.7 Å². The molecule has 1 aromatic rings. The van der Waals surface area contributed by atoms with Crippen molar-refractivity contribution in [2.75, 3.05) is 11.4 Å². The van der Waals surface area contributed by atoms with Crippen LogP contribution >= 0.6 is 11.3 Å². The normalized spacial score (nSPS) is 24.9. The van der Waals surface area contributed by atoms with Crippen molar-refractivity contribution in [3.8, 4) is 0 Å². The van der Waals surface area contributed by atoms with E-state index in [-0.39, 0.29) is 6.42 Å². The zero-order chi connectivity index (χ0) is 12.4. The number of hydrogen-bond acceptors (Lipinski definition) is 4. The van der Waals surface area contributed by atoms with Crippen LogP contribution in [0.4, 0.5) is 5.13 Å². The Kier molecular flexibility index (Phi) is 3.66. The molecule has 0 radical (unpaired) electrons. The number of aromatic nitrogens is 1. The molecule has 1 aromatic heterocycles. The molecule has 2 rings (SSSR count). The van der Waals surface area contributed by atoms with Crippen molar-refractivity contribution in [3.05, 3.63) is 11.1 Å². The molecule has 0 spiro atoms. The van der Waals surface area contributed by atoms with Crippen LogP contribution in [0.25, 0.3) is 0 Å². The fraction of sp³-hybridized carbons (Fsp3) is 0.667. The molecule has 2 unspecified atom stereocenters. The minimum Gasteiger partial charge on any atom is -0.481 e. The van der Waals surface area contributed by atoms with Gasteiger partial charge in [-0.2, -0.15) is 0 Å². The molecule has 0 amide bonds. The maximum Gasteiger partial charge on any atom is 0.309 e. The summed E-state index contributed by atoms with van der Waals surface area (Å²) in [6, 6.07) is 0.493. The zero-order valence-corrected chi connectivity index (χ0v) is 11.0. The summed E-state index contributed by atoms with van der Waals surface area (Å²) < 4.78 is 0. The van der Waals surface area contributed by atoms with Gasteiger partial charge in [0.05, 0.1) is 12.1 Å². The second-order valence-corrected chi connectivity index (χ2v) is 5.58. The summed E-state index contributed by atoms with van der Waals surface area (Å²) >= 11 is 1.56. The number of hydrogen-bond donors (Lipinski definition) is 1. The molecule has 0 saturated carbocycles. The SMILES string of the molecule is CC1CCCN(c2nc(CC(=O)O)cs2)C1C. The van der Waals surface area contributed by atoms with Gasteiger partial charge in [-0.25, -0.2) is 4.98 Å². The van der Waals surface area contributed by atoms with E-state index in [4.69, 9.17) is 5.11 Å². The van der Waals surface area contributed by atoms with E-state index in [1.54, 1.807) is 11.3 Å². The molecular formula is C12H18N2O2S. The van der Waals surface area contributed by atoms with Crippen LogP contribution in [0, 0.1) is 5.92 Å². The quantitative estimate of drug-likeness (QED) is 0.900. The smallest absolute Gasteiger partial charge is 0.309 e. The van der Waals surface area contributed by atoms with Gasteiger partial charge in [-0.15, -0.1) is 11.3 Å². The van der Waals surface area contributed by atoms with E-state index < -0.39 is 5.97 Å². The minimum absolute atomic E-state index is 0.0221. The standard InChI is InChI=1S/C12H18N2O2S/c1-8-4-3-5-14(9(8)2)12-13-10(7-17-12)6-11(15)16/h7-9H,3-6H2,1-2H3,(H,15,16). The van der Waals surface area contributed by atoms with Crippen LogP contribution in [0.5, 0.6) is 0 Å². The second-order valence-electron chi connectivity index (χ2n) is 4.75. The predicted molar refractivity (Wildman–Crippen MR) is 68.7 cm³/mol. The summed E-state index contributed by atoms with van der Waals surface area (Å²) in [5.74, 6) is -0.141. The summed E-state index contributed by atoms with van der Waals surface area (Å²) in [6.07, 6.45) is 2.48. The van der Waals surface area contributed by atoms with Crippen LogP contribution in [0.1, 0.15) is 32.4 Å². The van der Waals surface area contributed by atoms with Crippen LogP contribution in [-0.2, 0) is 11.2 Å². The van der Waals surface area contributed by atoms with Gasteiger partial charge < -0.3 is 10.0 Å². The molecule has 2 atom stereocenters. The third-order valence-electron chi connectivity index (χ3n) is 3.49. The van der Waals surface area contributed by atoms with Gasteiger partial charge >= 0.3 is 5.97 Å². The van der Waals surface area contributed by atoms with E-state index in [1.165, 1.54) is 12.8 Å². The van der Waals surface area contributed by atoms with E-state index >= 15 is 0 Å². The van der Waals surface area contributed by atoms with Crippen molar-refractivity contribution in [3.63, 3.8) is 0 Å². The van der Waals surface area contributed by atoms with Gasteiger partial charge in [0.2, 0.25) is 0 Å². The number of carboxylic acids is 1. The van der Waals surface area contributed by atoms with Crippen molar-refractivity contribution in [2.24, 2.45) is 5.92 Å². The molecule has 1 N–H and O–H groups in total. The number of nitrogens with zero attached hydrogens (tertiary/aromatic N) is 2. The van der Waals surface area contributed by atoms with Crippen LogP contribution in [0.2, 0.25) is 0 Å². The van der Waals surface area contributed by atoms with Crippen LogP contribution in [-0.4, -0.2) is 28.6 Å². The van der Waals surface area contributed by atoms with Gasteiger partial charge in [-0.3, -0.25) is 4.79 Å². The van der Waals surface area contributed by atoms with Gasteiger partial charge in [-0.1, -0.05) is 6.92 Å². The Morgan fingerprint density at radius 2 is 2.41 bits per heavy atom. The van der Waals surface area contributed by atoms with Crippen LogP contribution < -0.4 is 4.90 Å². The molecule has 17 heavy (non-hydrogen) atoms. The highest BCUT2D eigenvalue weighted by Crippen LogP contribution is 2.30. The van der Waals surface area contributed by atoms with E-state index in [1.807, 2.05) is 5.38 Å². The molecular weight excluding hydrogens is 236 g/mol. The number of anilines is 1. The summed E-state index contributed by atoms with van der Waals surface area (Å²) in [6.45, 7) is 5.52. The first-order chi connectivity index (χ1) is 8.08. The first-order valence-electron chi connectivity index (χ1n) is 6.00. The topological polar surface area (TPSA) is 53.4 Å². The maximum absolute atomic E-state index is 10.6.